The molecule has 19 heavy (non-hydrogen) atoms. The lowest BCUT2D eigenvalue weighted by atomic mass is 9.74. The van der Waals surface area contributed by atoms with E-state index in [2.05, 4.69) is 31.4 Å². The van der Waals surface area contributed by atoms with Gasteiger partial charge in [-0.3, -0.25) is 4.79 Å². The minimum Gasteiger partial charge on any atom is -0.378 e. The number of nitrogens with one attached hydrogen (secondary N) is 2. The van der Waals surface area contributed by atoms with Crippen molar-refractivity contribution in [3.63, 3.8) is 0 Å². The van der Waals surface area contributed by atoms with Crippen LogP contribution in [0.2, 0.25) is 0 Å². The van der Waals surface area contributed by atoms with Crippen LogP contribution < -0.4 is 10.6 Å². The van der Waals surface area contributed by atoms with Crippen molar-refractivity contribution in [1.29, 1.82) is 0 Å². The van der Waals surface area contributed by atoms with E-state index in [1.165, 1.54) is 6.42 Å². The SMILES string of the molecule is CC1CC(NC(=O)C(C)(C)C2CCCNC2)CCO1. The van der Waals surface area contributed by atoms with E-state index in [4.69, 9.17) is 4.74 Å². The Labute approximate surface area is 116 Å². The van der Waals surface area contributed by atoms with E-state index in [1.54, 1.807) is 0 Å². The molecule has 2 N–H and O–H groups in total. The molecule has 4 heteroatoms. The Hall–Kier alpha value is -0.610. The van der Waals surface area contributed by atoms with Crippen molar-refractivity contribution < 1.29 is 9.53 Å². The summed E-state index contributed by atoms with van der Waals surface area (Å²) >= 11 is 0. The van der Waals surface area contributed by atoms with Gasteiger partial charge in [0, 0.05) is 18.1 Å². The second-order valence-electron chi connectivity index (χ2n) is 6.64. The number of ether oxygens (including phenoxy) is 1. The lowest BCUT2D eigenvalue weighted by Gasteiger charge is -2.38. The lowest BCUT2D eigenvalue weighted by molar-refractivity contribution is -0.134. The number of hydrogen-bond donors (Lipinski definition) is 2. The molecular formula is C15H28N2O2. The zero-order valence-electron chi connectivity index (χ0n) is 12.5. The van der Waals surface area contributed by atoms with Crippen molar-refractivity contribution in [3.05, 3.63) is 0 Å². The second-order valence-corrected chi connectivity index (χ2v) is 6.64. The van der Waals surface area contributed by atoms with E-state index in [-0.39, 0.29) is 23.5 Å². The van der Waals surface area contributed by atoms with Crippen LogP contribution in [0.1, 0.15) is 46.5 Å². The quantitative estimate of drug-likeness (QED) is 0.819. The standard InChI is InChI=1S/C15H28N2O2/c1-11-9-13(6-8-19-11)17-14(18)15(2,3)12-5-4-7-16-10-12/h11-13,16H,4-10H2,1-3H3,(H,17,18). The molecule has 0 aromatic carbocycles. The molecule has 0 aromatic heterocycles. The van der Waals surface area contributed by atoms with Crippen LogP contribution in [0.15, 0.2) is 0 Å². The number of rotatable bonds is 3. The van der Waals surface area contributed by atoms with Crippen LogP contribution in [-0.2, 0) is 9.53 Å². The van der Waals surface area contributed by atoms with Gasteiger partial charge in [-0.15, -0.1) is 0 Å². The summed E-state index contributed by atoms with van der Waals surface area (Å²) in [5, 5.41) is 6.65. The molecule has 2 saturated heterocycles. The number of carbonyl (C=O) groups is 1. The molecule has 1 amide bonds. The first-order valence-electron chi connectivity index (χ1n) is 7.63. The fourth-order valence-electron chi connectivity index (χ4n) is 3.15. The summed E-state index contributed by atoms with van der Waals surface area (Å²) in [6.07, 6.45) is 4.46. The Morgan fingerprint density at radius 1 is 1.37 bits per heavy atom. The van der Waals surface area contributed by atoms with Crippen LogP contribution in [0.3, 0.4) is 0 Å². The van der Waals surface area contributed by atoms with Gasteiger partial charge in [-0.25, -0.2) is 0 Å². The largest absolute Gasteiger partial charge is 0.378 e. The van der Waals surface area contributed by atoms with Gasteiger partial charge in [-0.05, 0) is 51.6 Å². The Balaban J connectivity index is 1.89. The molecule has 0 saturated carbocycles. The third-order valence-electron chi connectivity index (χ3n) is 4.72. The maximum Gasteiger partial charge on any atom is 0.226 e. The van der Waals surface area contributed by atoms with Crippen molar-refractivity contribution in [2.45, 2.75) is 58.6 Å². The van der Waals surface area contributed by atoms with Gasteiger partial charge in [0.25, 0.3) is 0 Å². The van der Waals surface area contributed by atoms with Gasteiger partial charge in [-0.2, -0.15) is 0 Å². The number of hydrogen-bond acceptors (Lipinski definition) is 3. The average Bonchev–Trinajstić information content (AvgIpc) is 2.39. The summed E-state index contributed by atoms with van der Waals surface area (Å²) < 4.78 is 5.53. The van der Waals surface area contributed by atoms with Crippen molar-refractivity contribution >= 4 is 5.91 Å². The number of carbonyl (C=O) groups excluding carboxylic acids is 1. The van der Waals surface area contributed by atoms with Crippen LogP contribution in [0.5, 0.6) is 0 Å². The first kappa shape index (κ1) is 14.8. The lowest BCUT2D eigenvalue weighted by Crippen LogP contribution is -2.51. The van der Waals surface area contributed by atoms with E-state index < -0.39 is 0 Å². The summed E-state index contributed by atoms with van der Waals surface area (Å²) in [6.45, 7) is 9.06. The van der Waals surface area contributed by atoms with Crippen LogP contribution in [-0.4, -0.2) is 37.7 Å². The minimum absolute atomic E-state index is 0.209. The number of amides is 1. The topological polar surface area (TPSA) is 50.4 Å². The fraction of sp³-hybridized carbons (Fsp3) is 0.933. The highest BCUT2D eigenvalue weighted by Gasteiger charge is 2.38. The molecule has 4 nitrogen and oxygen atoms in total. The zero-order valence-corrected chi connectivity index (χ0v) is 12.5. The predicted octanol–water partition coefficient (Wildman–Crippen LogP) is 1.70. The van der Waals surface area contributed by atoms with Gasteiger partial charge in [0.05, 0.1) is 6.10 Å². The molecule has 110 valence electrons. The second kappa shape index (κ2) is 6.23. The Kier molecular flexibility index (Phi) is 4.85. The fourth-order valence-corrected chi connectivity index (χ4v) is 3.15. The smallest absolute Gasteiger partial charge is 0.226 e. The molecule has 2 heterocycles. The van der Waals surface area contributed by atoms with Gasteiger partial charge in [0.1, 0.15) is 0 Å². The van der Waals surface area contributed by atoms with Crippen molar-refractivity contribution in [2.75, 3.05) is 19.7 Å². The molecule has 2 aliphatic heterocycles. The number of piperidine rings is 1. The highest BCUT2D eigenvalue weighted by Crippen LogP contribution is 2.32. The predicted molar refractivity (Wildman–Crippen MR) is 76.0 cm³/mol. The summed E-state index contributed by atoms with van der Waals surface area (Å²) in [4.78, 5) is 12.6. The highest BCUT2D eigenvalue weighted by atomic mass is 16.5. The van der Waals surface area contributed by atoms with Gasteiger partial charge in [-0.1, -0.05) is 13.8 Å². The summed E-state index contributed by atoms with van der Waals surface area (Å²) in [5.74, 6) is 0.652. The van der Waals surface area contributed by atoms with Crippen LogP contribution in [0.4, 0.5) is 0 Å². The normalized spacial score (nSPS) is 32.9. The van der Waals surface area contributed by atoms with Crippen molar-refractivity contribution in [3.8, 4) is 0 Å². The molecule has 0 aromatic rings. The monoisotopic (exact) mass is 268 g/mol. The van der Waals surface area contributed by atoms with E-state index in [0.717, 1.165) is 39.0 Å². The first-order valence-corrected chi connectivity index (χ1v) is 7.63. The highest BCUT2D eigenvalue weighted by molar-refractivity contribution is 5.82. The molecule has 2 fully saturated rings. The molecule has 0 spiro atoms. The third-order valence-corrected chi connectivity index (χ3v) is 4.72. The molecule has 0 radical (unpaired) electrons. The molecule has 3 unspecified atom stereocenters. The molecule has 2 rings (SSSR count). The first-order chi connectivity index (χ1) is 9.00. The van der Waals surface area contributed by atoms with Crippen LogP contribution >= 0.6 is 0 Å². The van der Waals surface area contributed by atoms with Gasteiger partial charge in [0.15, 0.2) is 0 Å². The summed E-state index contributed by atoms with van der Waals surface area (Å²) in [6, 6.07) is 0.284. The van der Waals surface area contributed by atoms with E-state index in [1.807, 2.05) is 0 Å². The minimum atomic E-state index is -0.283. The molecular weight excluding hydrogens is 240 g/mol. The van der Waals surface area contributed by atoms with Crippen LogP contribution in [0, 0.1) is 11.3 Å². The van der Waals surface area contributed by atoms with E-state index >= 15 is 0 Å². The summed E-state index contributed by atoms with van der Waals surface area (Å²) in [5.41, 5.74) is -0.283. The molecule has 0 aliphatic carbocycles. The van der Waals surface area contributed by atoms with Gasteiger partial charge >= 0.3 is 0 Å². The average molecular weight is 268 g/mol. The van der Waals surface area contributed by atoms with Crippen molar-refractivity contribution in [2.24, 2.45) is 11.3 Å². The Bertz CT molecular complexity index is 311. The molecule has 2 aliphatic rings. The van der Waals surface area contributed by atoms with Crippen molar-refractivity contribution in [1.82, 2.24) is 10.6 Å². The Morgan fingerprint density at radius 2 is 2.16 bits per heavy atom. The van der Waals surface area contributed by atoms with Gasteiger partial charge in [0.2, 0.25) is 5.91 Å². The molecule has 3 atom stereocenters. The van der Waals surface area contributed by atoms with E-state index in [9.17, 15) is 4.79 Å². The zero-order chi connectivity index (χ0) is 13.9. The third kappa shape index (κ3) is 3.69. The Morgan fingerprint density at radius 3 is 2.79 bits per heavy atom. The van der Waals surface area contributed by atoms with Gasteiger partial charge < -0.3 is 15.4 Å². The maximum atomic E-state index is 12.6. The maximum absolute atomic E-state index is 12.6. The van der Waals surface area contributed by atoms with E-state index in [0.29, 0.717) is 5.92 Å². The molecule has 0 bridgehead atoms. The van der Waals surface area contributed by atoms with Crippen LogP contribution in [0.25, 0.3) is 0 Å². The summed E-state index contributed by atoms with van der Waals surface area (Å²) in [7, 11) is 0.